The highest BCUT2D eigenvalue weighted by Gasteiger charge is 2.34. The van der Waals surface area contributed by atoms with E-state index in [1.807, 2.05) is 0 Å². The van der Waals surface area contributed by atoms with Crippen LogP contribution in [0.4, 0.5) is 13.2 Å². The third-order valence-electron chi connectivity index (χ3n) is 4.25. The normalized spacial score (nSPS) is 24.0. The maximum Gasteiger partial charge on any atom is 0.411 e. The summed E-state index contributed by atoms with van der Waals surface area (Å²) in [5.74, 6) is 0. The average molecular weight is 296 g/mol. The van der Waals surface area contributed by atoms with Crippen molar-refractivity contribution >= 4 is 0 Å². The van der Waals surface area contributed by atoms with Crippen LogP contribution in [0.5, 0.6) is 0 Å². The van der Waals surface area contributed by atoms with Crippen molar-refractivity contribution in [1.82, 2.24) is 10.2 Å². The second-order valence-corrected chi connectivity index (χ2v) is 5.71. The fourth-order valence-corrected chi connectivity index (χ4v) is 2.67. The van der Waals surface area contributed by atoms with Gasteiger partial charge in [0.05, 0.1) is 0 Å². The molecule has 0 radical (unpaired) electrons. The summed E-state index contributed by atoms with van der Waals surface area (Å²) in [7, 11) is 0. The molecular weight excluding hydrogens is 269 g/mol. The Balaban J connectivity index is 2.31. The molecule has 1 atom stereocenters. The van der Waals surface area contributed by atoms with Gasteiger partial charge in [-0.25, -0.2) is 0 Å². The van der Waals surface area contributed by atoms with Gasteiger partial charge in [0.2, 0.25) is 0 Å². The molecule has 0 aromatic heterocycles. The van der Waals surface area contributed by atoms with Crippen molar-refractivity contribution in [3.63, 3.8) is 0 Å². The van der Waals surface area contributed by atoms with Crippen LogP contribution in [-0.4, -0.2) is 55.5 Å². The Hall–Kier alpha value is -0.330. The first-order chi connectivity index (χ1) is 9.32. The fraction of sp³-hybridized carbons (Fsp3) is 1.00. The van der Waals surface area contributed by atoms with E-state index in [0.29, 0.717) is 12.5 Å². The highest BCUT2D eigenvalue weighted by molar-refractivity contribution is 4.95. The first kappa shape index (κ1) is 17.7. The predicted octanol–water partition coefficient (Wildman–Crippen LogP) is 2.81. The number of nitrogens with one attached hydrogen (secondary N) is 1. The SMILES string of the molecule is CCC1(CC)CN(CCCOCC(F)(F)F)C(C)CN1. The number of ether oxygens (including phenoxy) is 1. The zero-order valence-electron chi connectivity index (χ0n) is 12.7. The second kappa shape index (κ2) is 7.61. The highest BCUT2D eigenvalue weighted by Crippen LogP contribution is 2.22. The lowest BCUT2D eigenvalue weighted by Crippen LogP contribution is -2.63. The van der Waals surface area contributed by atoms with Gasteiger partial charge in [-0.15, -0.1) is 0 Å². The third kappa shape index (κ3) is 5.58. The topological polar surface area (TPSA) is 24.5 Å². The van der Waals surface area contributed by atoms with Crippen LogP contribution in [0.3, 0.4) is 0 Å². The summed E-state index contributed by atoms with van der Waals surface area (Å²) >= 11 is 0. The van der Waals surface area contributed by atoms with Crippen LogP contribution in [0.15, 0.2) is 0 Å². The van der Waals surface area contributed by atoms with Crippen molar-refractivity contribution in [2.24, 2.45) is 0 Å². The van der Waals surface area contributed by atoms with E-state index >= 15 is 0 Å². The molecule has 0 aromatic carbocycles. The predicted molar refractivity (Wildman–Crippen MR) is 73.8 cm³/mol. The molecule has 120 valence electrons. The molecule has 0 aliphatic carbocycles. The van der Waals surface area contributed by atoms with Crippen molar-refractivity contribution in [2.75, 3.05) is 32.8 Å². The van der Waals surface area contributed by atoms with Crippen LogP contribution in [0, 0.1) is 0 Å². The zero-order valence-corrected chi connectivity index (χ0v) is 12.7. The molecule has 1 rings (SSSR count). The summed E-state index contributed by atoms with van der Waals surface area (Å²) in [6.07, 6.45) is -1.44. The van der Waals surface area contributed by atoms with Crippen molar-refractivity contribution in [2.45, 2.75) is 57.8 Å². The molecule has 0 saturated carbocycles. The molecule has 1 aliphatic rings. The quantitative estimate of drug-likeness (QED) is 0.731. The van der Waals surface area contributed by atoms with E-state index in [1.165, 1.54) is 0 Å². The van der Waals surface area contributed by atoms with Crippen LogP contribution in [0.1, 0.15) is 40.0 Å². The molecule has 1 heterocycles. The van der Waals surface area contributed by atoms with Crippen molar-refractivity contribution in [1.29, 1.82) is 0 Å². The smallest absolute Gasteiger partial charge is 0.372 e. The lowest BCUT2D eigenvalue weighted by molar-refractivity contribution is -0.174. The molecule has 0 amide bonds. The van der Waals surface area contributed by atoms with Crippen LogP contribution in [0.2, 0.25) is 0 Å². The summed E-state index contributed by atoms with van der Waals surface area (Å²) in [5, 5.41) is 3.61. The van der Waals surface area contributed by atoms with Crippen molar-refractivity contribution < 1.29 is 17.9 Å². The van der Waals surface area contributed by atoms with Gasteiger partial charge >= 0.3 is 6.18 Å². The molecule has 1 fully saturated rings. The lowest BCUT2D eigenvalue weighted by Gasteiger charge is -2.46. The Kier molecular flexibility index (Phi) is 6.75. The standard InChI is InChI=1S/C14H27F3N2O/c1-4-13(5-2)10-19(12(3)9-18-13)7-6-8-20-11-14(15,16)17/h12,18H,4-11H2,1-3H3. The molecule has 0 aromatic rings. The van der Waals surface area contributed by atoms with Crippen LogP contribution in [0.25, 0.3) is 0 Å². The number of piperazine rings is 1. The molecule has 1 aliphatic heterocycles. The van der Waals surface area contributed by atoms with Crippen LogP contribution >= 0.6 is 0 Å². The van der Waals surface area contributed by atoms with E-state index in [9.17, 15) is 13.2 Å². The van der Waals surface area contributed by atoms with E-state index in [2.05, 4.69) is 35.7 Å². The Labute approximate surface area is 119 Å². The van der Waals surface area contributed by atoms with Gasteiger partial charge in [-0.2, -0.15) is 13.2 Å². The van der Waals surface area contributed by atoms with Crippen LogP contribution in [-0.2, 0) is 4.74 Å². The van der Waals surface area contributed by atoms with Gasteiger partial charge in [-0.3, -0.25) is 4.90 Å². The van der Waals surface area contributed by atoms with Gasteiger partial charge in [0.15, 0.2) is 0 Å². The largest absolute Gasteiger partial charge is 0.411 e. The summed E-state index contributed by atoms with van der Waals surface area (Å²) in [5.41, 5.74) is 0.152. The van der Waals surface area contributed by atoms with Gasteiger partial charge in [-0.1, -0.05) is 13.8 Å². The van der Waals surface area contributed by atoms with E-state index in [4.69, 9.17) is 0 Å². The Morgan fingerprint density at radius 3 is 2.50 bits per heavy atom. The summed E-state index contributed by atoms with van der Waals surface area (Å²) in [6.45, 7) is 8.22. The number of hydrogen-bond donors (Lipinski definition) is 1. The molecule has 3 nitrogen and oxygen atoms in total. The van der Waals surface area contributed by atoms with E-state index in [1.54, 1.807) is 0 Å². The number of alkyl halides is 3. The molecule has 0 bridgehead atoms. The maximum absolute atomic E-state index is 11.9. The van der Waals surface area contributed by atoms with Crippen molar-refractivity contribution in [3.8, 4) is 0 Å². The fourth-order valence-electron chi connectivity index (χ4n) is 2.67. The van der Waals surface area contributed by atoms with Gasteiger partial charge in [0.1, 0.15) is 6.61 Å². The highest BCUT2D eigenvalue weighted by atomic mass is 19.4. The first-order valence-corrected chi connectivity index (χ1v) is 7.45. The Morgan fingerprint density at radius 1 is 1.30 bits per heavy atom. The van der Waals surface area contributed by atoms with E-state index in [0.717, 1.165) is 32.5 Å². The monoisotopic (exact) mass is 296 g/mol. The lowest BCUT2D eigenvalue weighted by atomic mass is 9.88. The first-order valence-electron chi connectivity index (χ1n) is 7.45. The number of rotatable bonds is 7. The molecule has 1 saturated heterocycles. The van der Waals surface area contributed by atoms with Gasteiger partial charge in [0.25, 0.3) is 0 Å². The van der Waals surface area contributed by atoms with Gasteiger partial charge in [-0.05, 0) is 26.2 Å². The van der Waals surface area contributed by atoms with E-state index < -0.39 is 12.8 Å². The van der Waals surface area contributed by atoms with E-state index in [-0.39, 0.29) is 12.1 Å². The summed E-state index contributed by atoms with van der Waals surface area (Å²) in [6, 6.07) is 0.420. The minimum atomic E-state index is -4.22. The summed E-state index contributed by atoms with van der Waals surface area (Å²) in [4.78, 5) is 2.36. The molecular formula is C14H27F3N2O. The maximum atomic E-state index is 11.9. The minimum Gasteiger partial charge on any atom is -0.372 e. The minimum absolute atomic E-state index is 0.152. The number of hydrogen-bond acceptors (Lipinski definition) is 3. The van der Waals surface area contributed by atoms with Crippen LogP contribution < -0.4 is 5.32 Å². The van der Waals surface area contributed by atoms with Gasteiger partial charge < -0.3 is 10.1 Å². The zero-order chi connectivity index (χ0) is 15.2. The second-order valence-electron chi connectivity index (χ2n) is 5.71. The Bertz CT molecular complexity index is 280. The average Bonchev–Trinajstić information content (AvgIpc) is 2.39. The molecule has 20 heavy (non-hydrogen) atoms. The van der Waals surface area contributed by atoms with Crippen molar-refractivity contribution in [3.05, 3.63) is 0 Å². The summed E-state index contributed by atoms with van der Waals surface area (Å²) < 4.78 is 40.5. The van der Waals surface area contributed by atoms with Gasteiger partial charge in [0, 0.05) is 37.8 Å². The molecule has 0 spiro atoms. The number of halogens is 3. The molecule has 6 heteroatoms. The Morgan fingerprint density at radius 2 is 1.95 bits per heavy atom. The third-order valence-corrected chi connectivity index (χ3v) is 4.25. The molecule has 1 unspecified atom stereocenters. The number of nitrogens with zero attached hydrogens (tertiary/aromatic N) is 1. The molecule has 1 N–H and O–H groups in total.